The summed E-state index contributed by atoms with van der Waals surface area (Å²) in [5.41, 5.74) is 0.151. The summed E-state index contributed by atoms with van der Waals surface area (Å²) in [5, 5.41) is 10.1. The van der Waals surface area contributed by atoms with Crippen LogP contribution >= 0.6 is 0 Å². The highest BCUT2D eigenvalue weighted by atomic mass is 16.6. The number of likely N-dealkylation sites (tertiary alicyclic amines) is 2. The van der Waals surface area contributed by atoms with Gasteiger partial charge in [-0.1, -0.05) is 30.3 Å². The first-order valence-electron chi connectivity index (χ1n) is 11.2. The normalized spacial score (nSPS) is 26.7. The molecule has 3 aliphatic heterocycles. The lowest BCUT2D eigenvalue weighted by Gasteiger charge is -2.24. The van der Waals surface area contributed by atoms with Gasteiger partial charge < -0.3 is 29.1 Å². The second-order valence-corrected chi connectivity index (χ2v) is 10.6. The third-order valence-corrected chi connectivity index (χ3v) is 5.31. The van der Waals surface area contributed by atoms with Gasteiger partial charge in [0.2, 0.25) is 0 Å². The average molecular weight is 449 g/mol. The summed E-state index contributed by atoms with van der Waals surface area (Å²) in [6.45, 7) is 13.4. The van der Waals surface area contributed by atoms with E-state index in [2.05, 4.69) is 0 Å². The number of ether oxygens (including phenoxy) is 3. The fourth-order valence-electron chi connectivity index (χ4n) is 3.77. The zero-order valence-corrected chi connectivity index (χ0v) is 19.9. The van der Waals surface area contributed by atoms with Crippen LogP contribution in [-0.4, -0.2) is 82.8 Å². The standard InChI is InChI=1S/C15H21NO3.C9H15NO3/c1-15(2,3)19-14(18)16-9-12(13(17)10-16)11-7-5-4-6-8-11;1-9(2,3)13-8(11)10-4-6-7(5-10)12-6/h4-8,12-13,17H,9-10H2,1-3H3;6-7H,4-5H2,1-3H3/t12-,13+;/m0./s1. The Morgan fingerprint density at radius 3 is 1.78 bits per heavy atom. The molecule has 32 heavy (non-hydrogen) atoms. The van der Waals surface area contributed by atoms with E-state index in [0.717, 1.165) is 5.56 Å². The molecule has 4 atom stereocenters. The molecule has 0 bridgehead atoms. The minimum Gasteiger partial charge on any atom is -0.444 e. The zero-order valence-electron chi connectivity index (χ0n) is 19.9. The van der Waals surface area contributed by atoms with Crippen molar-refractivity contribution in [1.29, 1.82) is 0 Å². The molecule has 0 spiro atoms. The van der Waals surface area contributed by atoms with Gasteiger partial charge in [-0.05, 0) is 47.1 Å². The number of hydrogen-bond donors (Lipinski definition) is 1. The number of fused-ring (bicyclic) bond motifs is 1. The molecule has 3 heterocycles. The Balaban J connectivity index is 0.000000193. The SMILES string of the molecule is CC(C)(C)OC(=O)N1CC2OC2C1.CC(C)(C)OC(=O)N1C[C@@H](O)[C@H](c2ccccc2)C1. The minimum absolute atomic E-state index is 0.0336. The Labute approximate surface area is 190 Å². The van der Waals surface area contributed by atoms with E-state index in [1.54, 1.807) is 9.80 Å². The molecule has 1 N–H and O–H groups in total. The lowest BCUT2D eigenvalue weighted by atomic mass is 9.96. The largest absolute Gasteiger partial charge is 0.444 e. The number of benzene rings is 1. The summed E-state index contributed by atoms with van der Waals surface area (Å²) in [6.07, 6.45) is -0.539. The van der Waals surface area contributed by atoms with E-state index >= 15 is 0 Å². The second kappa shape index (κ2) is 9.27. The summed E-state index contributed by atoms with van der Waals surface area (Å²) in [4.78, 5) is 26.7. The van der Waals surface area contributed by atoms with E-state index in [9.17, 15) is 14.7 Å². The molecule has 0 radical (unpaired) electrons. The second-order valence-electron chi connectivity index (χ2n) is 10.6. The van der Waals surface area contributed by atoms with Crippen molar-refractivity contribution in [2.75, 3.05) is 26.2 Å². The molecule has 178 valence electrons. The number of rotatable bonds is 1. The number of morpholine rings is 1. The molecule has 0 aromatic heterocycles. The van der Waals surface area contributed by atoms with Crippen molar-refractivity contribution in [2.45, 2.75) is 77.0 Å². The van der Waals surface area contributed by atoms with Crippen LogP contribution in [0.15, 0.2) is 30.3 Å². The highest BCUT2D eigenvalue weighted by molar-refractivity contribution is 5.69. The lowest BCUT2D eigenvalue weighted by Crippen LogP contribution is -2.37. The maximum atomic E-state index is 12.0. The third-order valence-electron chi connectivity index (χ3n) is 5.31. The van der Waals surface area contributed by atoms with E-state index in [1.165, 1.54) is 0 Å². The number of aliphatic hydroxyl groups excluding tert-OH is 1. The van der Waals surface area contributed by atoms with Gasteiger partial charge in [0.05, 0.1) is 25.7 Å². The van der Waals surface area contributed by atoms with Crippen LogP contribution in [0.3, 0.4) is 0 Å². The fraction of sp³-hybridized carbons (Fsp3) is 0.667. The molecule has 4 rings (SSSR count). The van der Waals surface area contributed by atoms with E-state index in [0.29, 0.717) is 26.2 Å². The summed E-state index contributed by atoms with van der Waals surface area (Å²) in [5.74, 6) is -0.0336. The van der Waals surface area contributed by atoms with Gasteiger partial charge in [0.15, 0.2) is 0 Å². The smallest absolute Gasteiger partial charge is 0.410 e. The Kier molecular flexibility index (Phi) is 7.05. The van der Waals surface area contributed by atoms with Crippen molar-refractivity contribution in [3.63, 3.8) is 0 Å². The van der Waals surface area contributed by atoms with Crippen LogP contribution in [0.4, 0.5) is 9.59 Å². The predicted molar refractivity (Wildman–Crippen MR) is 119 cm³/mol. The van der Waals surface area contributed by atoms with Crippen LogP contribution in [0.2, 0.25) is 0 Å². The molecule has 1 aromatic rings. The van der Waals surface area contributed by atoms with Gasteiger partial charge in [0.1, 0.15) is 23.4 Å². The molecular formula is C24H36N2O6. The molecule has 2 amide bonds. The molecular weight excluding hydrogens is 412 g/mol. The molecule has 3 fully saturated rings. The maximum absolute atomic E-state index is 12.0. The summed E-state index contributed by atoms with van der Waals surface area (Å²) < 4.78 is 15.8. The van der Waals surface area contributed by atoms with Crippen molar-refractivity contribution >= 4 is 12.2 Å². The molecule has 8 nitrogen and oxygen atoms in total. The number of aliphatic hydroxyl groups is 1. The number of carbonyl (C=O) groups is 2. The monoisotopic (exact) mass is 448 g/mol. The van der Waals surface area contributed by atoms with Crippen molar-refractivity contribution in [3.05, 3.63) is 35.9 Å². The Bertz CT molecular complexity index is 791. The van der Waals surface area contributed by atoms with Crippen LogP contribution in [0.5, 0.6) is 0 Å². The fourth-order valence-corrected chi connectivity index (χ4v) is 3.77. The van der Waals surface area contributed by atoms with E-state index in [1.807, 2.05) is 71.9 Å². The first-order valence-corrected chi connectivity index (χ1v) is 11.2. The van der Waals surface area contributed by atoms with Gasteiger partial charge in [-0.25, -0.2) is 9.59 Å². The van der Waals surface area contributed by atoms with Crippen LogP contribution in [0, 0.1) is 0 Å². The van der Waals surface area contributed by atoms with Crippen LogP contribution in [0.1, 0.15) is 53.0 Å². The van der Waals surface area contributed by atoms with Crippen LogP contribution in [-0.2, 0) is 14.2 Å². The van der Waals surface area contributed by atoms with Crippen molar-refractivity contribution in [1.82, 2.24) is 9.80 Å². The molecule has 0 aliphatic carbocycles. The Hall–Kier alpha value is -2.32. The molecule has 8 heteroatoms. The van der Waals surface area contributed by atoms with Gasteiger partial charge in [-0.2, -0.15) is 0 Å². The van der Waals surface area contributed by atoms with Gasteiger partial charge in [0, 0.05) is 12.5 Å². The number of amides is 2. The summed E-state index contributed by atoms with van der Waals surface area (Å²) in [6, 6.07) is 9.78. The summed E-state index contributed by atoms with van der Waals surface area (Å²) >= 11 is 0. The van der Waals surface area contributed by atoms with Gasteiger partial charge in [0.25, 0.3) is 0 Å². The average Bonchev–Trinajstić information content (AvgIpc) is 3.08. The third kappa shape index (κ3) is 6.84. The number of carbonyl (C=O) groups excluding carboxylic acids is 2. The Morgan fingerprint density at radius 2 is 1.31 bits per heavy atom. The minimum atomic E-state index is -0.532. The highest BCUT2D eigenvalue weighted by Gasteiger charge is 2.49. The first-order chi connectivity index (χ1) is 14.8. The lowest BCUT2D eigenvalue weighted by molar-refractivity contribution is 0.0228. The van der Waals surface area contributed by atoms with Gasteiger partial charge >= 0.3 is 12.2 Å². The Morgan fingerprint density at radius 1 is 0.844 bits per heavy atom. The highest BCUT2D eigenvalue weighted by Crippen LogP contribution is 2.31. The van der Waals surface area contributed by atoms with E-state index < -0.39 is 17.3 Å². The molecule has 2 unspecified atom stereocenters. The molecule has 0 saturated carbocycles. The topological polar surface area (TPSA) is 91.8 Å². The van der Waals surface area contributed by atoms with Crippen LogP contribution in [0.25, 0.3) is 0 Å². The maximum Gasteiger partial charge on any atom is 0.410 e. The zero-order chi connectivity index (χ0) is 23.7. The van der Waals surface area contributed by atoms with Gasteiger partial charge in [-0.15, -0.1) is 0 Å². The number of epoxide rings is 1. The van der Waals surface area contributed by atoms with Gasteiger partial charge in [-0.3, -0.25) is 0 Å². The quantitative estimate of drug-likeness (QED) is 0.662. The van der Waals surface area contributed by atoms with E-state index in [4.69, 9.17) is 14.2 Å². The molecule has 3 saturated heterocycles. The molecule has 3 aliphatic rings. The van der Waals surface area contributed by atoms with E-state index in [-0.39, 0.29) is 30.3 Å². The first kappa shape index (κ1) is 24.3. The number of nitrogens with zero attached hydrogens (tertiary/aromatic N) is 2. The number of β-amino-alcohol motifs (C(OH)–C–C–N with tert-alkyl or cyclic N) is 1. The summed E-state index contributed by atoms with van der Waals surface area (Å²) in [7, 11) is 0. The van der Waals surface area contributed by atoms with Crippen molar-refractivity contribution < 1.29 is 28.9 Å². The van der Waals surface area contributed by atoms with Crippen molar-refractivity contribution in [2.24, 2.45) is 0 Å². The molecule has 1 aromatic carbocycles. The van der Waals surface area contributed by atoms with Crippen LogP contribution < -0.4 is 0 Å². The van der Waals surface area contributed by atoms with Crippen molar-refractivity contribution in [3.8, 4) is 0 Å². The number of hydrogen-bond acceptors (Lipinski definition) is 6. The predicted octanol–water partition coefficient (Wildman–Crippen LogP) is 3.39.